The van der Waals surface area contributed by atoms with Crippen LogP contribution in [0.5, 0.6) is 0 Å². The summed E-state index contributed by atoms with van der Waals surface area (Å²) in [5, 5.41) is 13.5. The summed E-state index contributed by atoms with van der Waals surface area (Å²) in [7, 11) is 0. The summed E-state index contributed by atoms with van der Waals surface area (Å²) in [6.07, 6.45) is 0.940. The summed E-state index contributed by atoms with van der Waals surface area (Å²) in [5.41, 5.74) is 3.57. The lowest BCUT2D eigenvalue weighted by Gasteiger charge is -2.02. The van der Waals surface area contributed by atoms with Crippen molar-refractivity contribution < 1.29 is 14.3 Å². The van der Waals surface area contributed by atoms with Gasteiger partial charge in [-0.3, -0.25) is 4.68 Å². The van der Waals surface area contributed by atoms with Crippen molar-refractivity contribution in [1.82, 2.24) is 9.78 Å². The second kappa shape index (κ2) is 4.91. The maximum absolute atomic E-state index is 11.0. The first-order chi connectivity index (χ1) is 8.93. The number of rotatable bonds is 4. The first-order valence-corrected chi connectivity index (χ1v) is 6.29. The van der Waals surface area contributed by atoms with E-state index in [9.17, 15) is 4.79 Å². The Morgan fingerprint density at radius 3 is 2.58 bits per heavy atom. The molecular formula is C14H18N2O3. The second-order valence-electron chi connectivity index (χ2n) is 4.65. The van der Waals surface area contributed by atoms with Gasteiger partial charge in [-0.05, 0) is 38.8 Å². The summed E-state index contributed by atoms with van der Waals surface area (Å²) in [4.78, 5) is 11.0. The highest BCUT2D eigenvalue weighted by Crippen LogP contribution is 2.19. The fraction of sp³-hybridized carbons (Fsp3) is 0.429. The largest absolute Gasteiger partial charge is 0.478 e. The maximum Gasteiger partial charge on any atom is 0.339 e. The Morgan fingerprint density at radius 1 is 1.42 bits per heavy atom. The molecule has 0 aliphatic carbocycles. The number of carboxylic acids is 1. The molecule has 1 N–H and O–H groups in total. The first-order valence-electron chi connectivity index (χ1n) is 6.29. The number of carboxylic acid groups (broad SMARTS) is 1. The normalized spacial score (nSPS) is 10.9. The molecular weight excluding hydrogens is 244 g/mol. The van der Waals surface area contributed by atoms with E-state index in [-0.39, 0.29) is 5.56 Å². The number of aromatic nitrogens is 2. The molecule has 102 valence electrons. The van der Waals surface area contributed by atoms with Crippen LogP contribution in [0.15, 0.2) is 10.5 Å². The van der Waals surface area contributed by atoms with Crippen LogP contribution in [0.3, 0.4) is 0 Å². The summed E-state index contributed by atoms with van der Waals surface area (Å²) in [6, 6.07) is 1.57. The van der Waals surface area contributed by atoms with Gasteiger partial charge in [-0.15, -0.1) is 0 Å². The van der Waals surface area contributed by atoms with E-state index in [0.29, 0.717) is 18.1 Å². The minimum atomic E-state index is -0.963. The Morgan fingerprint density at radius 2 is 2.11 bits per heavy atom. The van der Waals surface area contributed by atoms with Crippen LogP contribution in [-0.4, -0.2) is 20.9 Å². The highest BCUT2D eigenvalue weighted by atomic mass is 16.4. The van der Waals surface area contributed by atoms with Crippen LogP contribution in [0.25, 0.3) is 0 Å². The number of aromatic carboxylic acids is 1. The lowest BCUT2D eigenvalue weighted by atomic mass is 10.1. The van der Waals surface area contributed by atoms with Crippen molar-refractivity contribution in [3.63, 3.8) is 0 Å². The van der Waals surface area contributed by atoms with Crippen molar-refractivity contribution in [2.75, 3.05) is 0 Å². The maximum atomic E-state index is 11.0. The Kier molecular flexibility index (Phi) is 3.46. The zero-order valence-corrected chi connectivity index (χ0v) is 11.6. The van der Waals surface area contributed by atoms with Gasteiger partial charge in [-0.1, -0.05) is 6.92 Å². The first kappa shape index (κ1) is 13.4. The molecule has 5 nitrogen and oxygen atoms in total. The van der Waals surface area contributed by atoms with Crippen molar-refractivity contribution in [3.8, 4) is 0 Å². The van der Waals surface area contributed by atoms with Crippen LogP contribution >= 0.6 is 0 Å². The fourth-order valence-corrected chi connectivity index (χ4v) is 2.38. The molecule has 2 heterocycles. The molecule has 2 aromatic heterocycles. The van der Waals surface area contributed by atoms with Gasteiger partial charge in [-0.2, -0.15) is 5.10 Å². The number of aryl methyl sites for hydroxylation is 2. The van der Waals surface area contributed by atoms with Crippen LogP contribution < -0.4 is 0 Å². The minimum absolute atomic E-state index is 0.215. The lowest BCUT2D eigenvalue weighted by Crippen LogP contribution is -2.03. The summed E-state index contributed by atoms with van der Waals surface area (Å²) < 4.78 is 7.34. The van der Waals surface area contributed by atoms with Gasteiger partial charge >= 0.3 is 5.97 Å². The van der Waals surface area contributed by atoms with E-state index in [1.54, 1.807) is 13.0 Å². The van der Waals surface area contributed by atoms with Crippen molar-refractivity contribution in [2.24, 2.45) is 0 Å². The summed E-state index contributed by atoms with van der Waals surface area (Å²) >= 11 is 0. The highest BCUT2D eigenvalue weighted by Gasteiger charge is 2.16. The van der Waals surface area contributed by atoms with E-state index >= 15 is 0 Å². The van der Waals surface area contributed by atoms with Gasteiger partial charge in [0.25, 0.3) is 0 Å². The molecule has 2 aromatic rings. The summed E-state index contributed by atoms with van der Waals surface area (Å²) in [6.45, 7) is 8.22. The van der Waals surface area contributed by atoms with E-state index in [1.165, 1.54) is 5.56 Å². The average molecular weight is 262 g/mol. The van der Waals surface area contributed by atoms with E-state index in [2.05, 4.69) is 12.0 Å². The number of nitrogens with zero attached hydrogens (tertiary/aromatic N) is 2. The minimum Gasteiger partial charge on any atom is -0.478 e. The SMILES string of the molecule is CCc1c(C)nn(Cc2cc(C(=O)O)c(C)o2)c1C. The van der Waals surface area contributed by atoms with Crippen LogP contribution in [-0.2, 0) is 13.0 Å². The highest BCUT2D eigenvalue weighted by molar-refractivity contribution is 5.88. The molecule has 0 spiro atoms. The second-order valence-corrected chi connectivity index (χ2v) is 4.65. The van der Waals surface area contributed by atoms with Gasteiger partial charge < -0.3 is 9.52 Å². The molecule has 0 saturated heterocycles. The third-order valence-corrected chi connectivity index (χ3v) is 3.39. The van der Waals surface area contributed by atoms with Crippen LogP contribution in [0, 0.1) is 20.8 Å². The predicted molar refractivity (Wildman–Crippen MR) is 70.6 cm³/mol. The number of furan rings is 1. The lowest BCUT2D eigenvalue weighted by molar-refractivity contribution is 0.0695. The standard InChI is InChI=1S/C14H18N2O3/c1-5-12-8(2)15-16(9(12)3)7-11-6-13(14(17)18)10(4)19-11/h6H,5,7H2,1-4H3,(H,17,18). The monoisotopic (exact) mass is 262 g/mol. The molecule has 2 rings (SSSR count). The fourth-order valence-electron chi connectivity index (χ4n) is 2.38. The van der Waals surface area contributed by atoms with E-state index in [4.69, 9.17) is 9.52 Å². The van der Waals surface area contributed by atoms with Crippen molar-refractivity contribution in [3.05, 3.63) is 40.1 Å². The zero-order valence-electron chi connectivity index (χ0n) is 11.6. The van der Waals surface area contributed by atoms with Crippen LogP contribution in [0.2, 0.25) is 0 Å². The molecule has 0 fully saturated rings. The molecule has 5 heteroatoms. The quantitative estimate of drug-likeness (QED) is 0.919. The molecule has 0 aliphatic rings. The topological polar surface area (TPSA) is 68.3 Å². The third-order valence-electron chi connectivity index (χ3n) is 3.39. The number of hydrogen-bond acceptors (Lipinski definition) is 3. The molecule has 0 amide bonds. The zero-order chi connectivity index (χ0) is 14.2. The average Bonchev–Trinajstić information content (AvgIpc) is 2.81. The van der Waals surface area contributed by atoms with Crippen molar-refractivity contribution >= 4 is 5.97 Å². The van der Waals surface area contributed by atoms with Crippen molar-refractivity contribution in [1.29, 1.82) is 0 Å². The van der Waals surface area contributed by atoms with E-state index in [1.807, 2.05) is 18.5 Å². The van der Waals surface area contributed by atoms with Crippen LogP contribution in [0.1, 0.15) is 45.8 Å². The molecule has 0 aromatic carbocycles. The number of hydrogen-bond donors (Lipinski definition) is 1. The molecule has 0 aliphatic heterocycles. The Bertz CT molecular complexity index is 623. The van der Waals surface area contributed by atoms with Crippen molar-refractivity contribution in [2.45, 2.75) is 40.7 Å². The molecule has 0 radical (unpaired) electrons. The summed E-state index contributed by atoms with van der Waals surface area (Å²) in [5.74, 6) is 0.0815. The van der Waals surface area contributed by atoms with Crippen LogP contribution in [0.4, 0.5) is 0 Å². The molecule has 19 heavy (non-hydrogen) atoms. The Balaban J connectivity index is 2.31. The number of carbonyl (C=O) groups is 1. The molecule has 0 atom stereocenters. The smallest absolute Gasteiger partial charge is 0.339 e. The Labute approximate surface area is 111 Å². The van der Waals surface area contributed by atoms with E-state index in [0.717, 1.165) is 17.8 Å². The van der Waals surface area contributed by atoms with Gasteiger partial charge in [0.1, 0.15) is 17.1 Å². The van der Waals surface area contributed by atoms with Gasteiger partial charge in [0.2, 0.25) is 0 Å². The van der Waals surface area contributed by atoms with Gasteiger partial charge in [-0.25, -0.2) is 4.79 Å². The molecule has 0 bridgehead atoms. The van der Waals surface area contributed by atoms with Gasteiger partial charge in [0.05, 0.1) is 12.2 Å². The third kappa shape index (κ3) is 2.41. The van der Waals surface area contributed by atoms with Gasteiger partial charge in [0.15, 0.2) is 0 Å². The predicted octanol–water partition coefficient (Wildman–Crippen LogP) is 2.71. The molecule has 0 unspecified atom stereocenters. The molecule has 0 saturated carbocycles. The van der Waals surface area contributed by atoms with Gasteiger partial charge in [0, 0.05) is 5.69 Å². The Hall–Kier alpha value is -2.04. The van der Waals surface area contributed by atoms with E-state index < -0.39 is 5.97 Å².